The van der Waals surface area contributed by atoms with Gasteiger partial charge < -0.3 is 10.1 Å². The van der Waals surface area contributed by atoms with Gasteiger partial charge in [0.15, 0.2) is 0 Å². The zero-order valence-corrected chi connectivity index (χ0v) is 12.5. The van der Waals surface area contributed by atoms with Gasteiger partial charge in [0.05, 0.1) is 6.61 Å². The third kappa shape index (κ3) is 4.10. The van der Waals surface area contributed by atoms with E-state index in [4.69, 9.17) is 4.74 Å². The zero-order valence-electron chi connectivity index (χ0n) is 12.5. The molecule has 0 heterocycles. The molecule has 0 spiro atoms. The fraction of sp³-hybridized carbons (Fsp3) is 0.333. The average Bonchev–Trinajstić information content (AvgIpc) is 2.46. The van der Waals surface area contributed by atoms with Gasteiger partial charge in [-0.3, -0.25) is 0 Å². The van der Waals surface area contributed by atoms with Crippen LogP contribution in [0, 0.1) is 6.92 Å². The molecule has 2 nitrogen and oxygen atoms in total. The summed E-state index contributed by atoms with van der Waals surface area (Å²) < 4.78 is 5.46. The lowest BCUT2D eigenvalue weighted by Gasteiger charge is -2.15. The maximum Gasteiger partial charge on any atom is 0.119 e. The fourth-order valence-corrected chi connectivity index (χ4v) is 2.23. The minimum atomic E-state index is 0.325. The van der Waals surface area contributed by atoms with E-state index < -0.39 is 0 Å². The summed E-state index contributed by atoms with van der Waals surface area (Å²) in [4.78, 5) is 0. The van der Waals surface area contributed by atoms with Crippen molar-refractivity contribution in [1.82, 2.24) is 5.32 Å². The van der Waals surface area contributed by atoms with E-state index in [1.54, 1.807) is 0 Å². The Kier molecular flexibility index (Phi) is 5.19. The number of rotatable bonds is 6. The molecule has 0 aliphatic heterocycles. The van der Waals surface area contributed by atoms with Crippen LogP contribution in [0.3, 0.4) is 0 Å². The van der Waals surface area contributed by atoms with Crippen LogP contribution in [0.4, 0.5) is 0 Å². The molecule has 0 saturated carbocycles. The summed E-state index contributed by atoms with van der Waals surface area (Å²) in [6.45, 7) is 7.90. The fourth-order valence-electron chi connectivity index (χ4n) is 2.23. The number of aryl methyl sites for hydroxylation is 1. The van der Waals surface area contributed by atoms with E-state index in [1.165, 1.54) is 16.7 Å². The van der Waals surface area contributed by atoms with Gasteiger partial charge in [-0.05, 0) is 44.0 Å². The summed E-state index contributed by atoms with van der Waals surface area (Å²) in [5, 5.41) is 3.55. The first-order chi connectivity index (χ1) is 9.69. The standard InChI is InChI=1S/C18H23NO/c1-4-20-18-10-8-17(9-11-18)15(3)19-13-16-7-5-6-14(2)12-16/h5-12,15,19H,4,13H2,1-3H3. The molecule has 0 fully saturated rings. The maximum absolute atomic E-state index is 5.46. The highest BCUT2D eigenvalue weighted by Gasteiger charge is 2.05. The van der Waals surface area contributed by atoms with Gasteiger partial charge in [0, 0.05) is 12.6 Å². The van der Waals surface area contributed by atoms with Crippen LogP contribution in [0.2, 0.25) is 0 Å². The molecule has 2 aromatic rings. The first-order valence-corrected chi connectivity index (χ1v) is 7.20. The van der Waals surface area contributed by atoms with E-state index in [0.29, 0.717) is 12.6 Å². The van der Waals surface area contributed by atoms with E-state index in [1.807, 2.05) is 19.1 Å². The van der Waals surface area contributed by atoms with Gasteiger partial charge in [-0.15, -0.1) is 0 Å². The van der Waals surface area contributed by atoms with Crippen molar-refractivity contribution in [3.63, 3.8) is 0 Å². The van der Waals surface area contributed by atoms with Crippen LogP contribution in [0.25, 0.3) is 0 Å². The molecule has 0 bridgehead atoms. The minimum Gasteiger partial charge on any atom is -0.494 e. The Bertz CT molecular complexity index is 533. The third-order valence-electron chi connectivity index (χ3n) is 3.39. The number of hydrogen-bond acceptors (Lipinski definition) is 2. The summed E-state index contributed by atoms with van der Waals surface area (Å²) in [6.07, 6.45) is 0. The molecule has 0 aliphatic carbocycles. The Labute approximate surface area is 121 Å². The SMILES string of the molecule is CCOc1ccc(C(C)NCc2cccc(C)c2)cc1. The number of benzene rings is 2. The molecule has 1 atom stereocenters. The van der Waals surface area contributed by atoms with Gasteiger partial charge in [-0.25, -0.2) is 0 Å². The zero-order chi connectivity index (χ0) is 14.4. The maximum atomic E-state index is 5.46. The molecule has 2 heteroatoms. The van der Waals surface area contributed by atoms with Crippen LogP contribution < -0.4 is 10.1 Å². The van der Waals surface area contributed by atoms with Crippen molar-refractivity contribution in [2.24, 2.45) is 0 Å². The second kappa shape index (κ2) is 7.11. The van der Waals surface area contributed by atoms with Crippen LogP contribution in [0.5, 0.6) is 5.75 Å². The molecule has 20 heavy (non-hydrogen) atoms. The van der Waals surface area contributed by atoms with Crippen molar-refractivity contribution in [3.05, 3.63) is 65.2 Å². The number of nitrogens with one attached hydrogen (secondary N) is 1. The van der Waals surface area contributed by atoms with Crippen LogP contribution in [-0.4, -0.2) is 6.61 Å². The monoisotopic (exact) mass is 269 g/mol. The quantitative estimate of drug-likeness (QED) is 0.846. The normalized spacial score (nSPS) is 12.2. The summed E-state index contributed by atoms with van der Waals surface area (Å²) in [5.74, 6) is 0.933. The van der Waals surface area contributed by atoms with Gasteiger partial charge in [-0.1, -0.05) is 42.0 Å². The van der Waals surface area contributed by atoms with Gasteiger partial charge in [-0.2, -0.15) is 0 Å². The molecule has 0 amide bonds. The lowest BCUT2D eigenvalue weighted by atomic mass is 10.1. The first kappa shape index (κ1) is 14.6. The second-order valence-electron chi connectivity index (χ2n) is 5.09. The molecule has 0 saturated heterocycles. The minimum absolute atomic E-state index is 0.325. The van der Waals surface area contributed by atoms with Crippen LogP contribution in [0.1, 0.15) is 36.6 Å². The third-order valence-corrected chi connectivity index (χ3v) is 3.39. The van der Waals surface area contributed by atoms with Crippen LogP contribution in [0.15, 0.2) is 48.5 Å². The van der Waals surface area contributed by atoms with Crippen molar-refractivity contribution in [3.8, 4) is 5.75 Å². The van der Waals surface area contributed by atoms with Crippen LogP contribution >= 0.6 is 0 Å². The Morgan fingerprint density at radius 3 is 2.50 bits per heavy atom. The molecule has 1 unspecified atom stereocenters. The largest absolute Gasteiger partial charge is 0.494 e. The number of hydrogen-bond donors (Lipinski definition) is 1. The lowest BCUT2D eigenvalue weighted by Crippen LogP contribution is -2.18. The average molecular weight is 269 g/mol. The molecule has 106 valence electrons. The molecule has 2 aromatic carbocycles. The lowest BCUT2D eigenvalue weighted by molar-refractivity contribution is 0.340. The summed E-state index contributed by atoms with van der Waals surface area (Å²) in [7, 11) is 0. The predicted octanol–water partition coefficient (Wildman–Crippen LogP) is 4.24. The van der Waals surface area contributed by atoms with E-state index in [2.05, 4.69) is 55.6 Å². The Balaban J connectivity index is 1.92. The van der Waals surface area contributed by atoms with Crippen molar-refractivity contribution < 1.29 is 4.74 Å². The van der Waals surface area contributed by atoms with E-state index in [9.17, 15) is 0 Å². The summed E-state index contributed by atoms with van der Waals surface area (Å²) in [5.41, 5.74) is 3.90. The highest BCUT2D eigenvalue weighted by molar-refractivity contribution is 5.29. The van der Waals surface area contributed by atoms with Gasteiger partial charge in [0.1, 0.15) is 5.75 Å². The second-order valence-corrected chi connectivity index (χ2v) is 5.09. The Morgan fingerprint density at radius 2 is 1.85 bits per heavy atom. The van der Waals surface area contributed by atoms with Crippen molar-refractivity contribution in [2.45, 2.75) is 33.4 Å². The van der Waals surface area contributed by atoms with Crippen LogP contribution in [-0.2, 0) is 6.54 Å². The van der Waals surface area contributed by atoms with E-state index in [0.717, 1.165) is 12.3 Å². The molecular weight excluding hydrogens is 246 g/mol. The predicted molar refractivity (Wildman–Crippen MR) is 84.0 cm³/mol. The Morgan fingerprint density at radius 1 is 1.10 bits per heavy atom. The summed E-state index contributed by atoms with van der Waals surface area (Å²) >= 11 is 0. The van der Waals surface area contributed by atoms with Crippen molar-refractivity contribution >= 4 is 0 Å². The van der Waals surface area contributed by atoms with E-state index >= 15 is 0 Å². The number of ether oxygens (including phenoxy) is 1. The molecular formula is C18H23NO. The Hall–Kier alpha value is -1.80. The molecule has 2 rings (SSSR count). The topological polar surface area (TPSA) is 21.3 Å². The van der Waals surface area contributed by atoms with Gasteiger partial charge >= 0.3 is 0 Å². The van der Waals surface area contributed by atoms with Crippen molar-refractivity contribution in [1.29, 1.82) is 0 Å². The molecule has 0 aromatic heterocycles. The van der Waals surface area contributed by atoms with Gasteiger partial charge in [0.25, 0.3) is 0 Å². The van der Waals surface area contributed by atoms with Crippen molar-refractivity contribution in [2.75, 3.05) is 6.61 Å². The van der Waals surface area contributed by atoms with E-state index in [-0.39, 0.29) is 0 Å². The highest BCUT2D eigenvalue weighted by atomic mass is 16.5. The first-order valence-electron chi connectivity index (χ1n) is 7.20. The molecule has 0 radical (unpaired) electrons. The molecule has 1 N–H and O–H groups in total. The highest BCUT2D eigenvalue weighted by Crippen LogP contribution is 2.18. The smallest absolute Gasteiger partial charge is 0.119 e. The molecule has 0 aliphatic rings. The summed E-state index contributed by atoms with van der Waals surface area (Å²) in [6, 6.07) is 17.2. The van der Waals surface area contributed by atoms with Gasteiger partial charge in [0.2, 0.25) is 0 Å².